The number of anilines is 1. The topological polar surface area (TPSA) is 75.4 Å². The summed E-state index contributed by atoms with van der Waals surface area (Å²) in [7, 11) is 0. The van der Waals surface area contributed by atoms with Gasteiger partial charge in [0.05, 0.1) is 11.5 Å². The number of hydrogen-bond acceptors (Lipinski definition) is 4. The first kappa shape index (κ1) is 13.7. The highest BCUT2D eigenvalue weighted by atomic mass is 16.5. The lowest BCUT2D eigenvalue weighted by Crippen LogP contribution is -2.30. The van der Waals surface area contributed by atoms with Crippen molar-refractivity contribution in [1.29, 1.82) is 0 Å². The van der Waals surface area contributed by atoms with E-state index >= 15 is 0 Å². The first-order chi connectivity index (χ1) is 7.75. The van der Waals surface area contributed by atoms with Crippen molar-refractivity contribution in [3.63, 3.8) is 0 Å². The molecule has 1 aromatic heterocycles. The van der Waals surface area contributed by atoms with Crippen LogP contribution in [-0.2, 0) is 10.2 Å². The van der Waals surface area contributed by atoms with E-state index in [0.29, 0.717) is 11.6 Å². The molecule has 2 N–H and O–H groups in total. The molecule has 1 amide bonds. The number of aromatic nitrogens is 1. The lowest BCUT2D eigenvalue weighted by Gasteiger charge is -2.24. The van der Waals surface area contributed by atoms with Crippen molar-refractivity contribution in [2.24, 2.45) is 5.92 Å². The van der Waals surface area contributed by atoms with Gasteiger partial charge in [0.1, 0.15) is 5.76 Å². The Kier molecular flexibility index (Phi) is 3.93. The van der Waals surface area contributed by atoms with E-state index in [0.717, 1.165) is 0 Å². The van der Waals surface area contributed by atoms with Crippen molar-refractivity contribution in [3.05, 3.63) is 11.8 Å². The molecule has 1 heterocycles. The molecule has 17 heavy (non-hydrogen) atoms. The molecule has 0 saturated heterocycles. The fourth-order valence-corrected chi connectivity index (χ4v) is 1.11. The van der Waals surface area contributed by atoms with Gasteiger partial charge in [-0.05, 0) is 6.92 Å². The average molecular weight is 240 g/mol. The molecular formula is C12H20N2O3. The molecule has 0 aromatic carbocycles. The number of aliphatic hydroxyl groups excluding tert-OH is 1. The van der Waals surface area contributed by atoms with Gasteiger partial charge in [-0.2, -0.15) is 0 Å². The van der Waals surface area contributed by atoms with Gasteiger partial charge in [0.15, 0.2) is 5.82 Å². The number of nitrogens with one attached hydrogen (secondary N) is 1. The number of nitrogens with zero attached hydrogens (tertiary/aromatic N) is 1. The molecular weight excluding hydrogens is 220 g/mol. The molecule has 0 aliphatic rings. The summed E-state index contributed by atoms with van der Waals surface area (Å²) < 4.78 is 5.15. The van der Waals surface area contributed by atoms with E-state index in [1.54, 1.807) is 26.8 Å². The summed E-state index contributed by atoms with van der Waals surface area (Å²) in [5.41, 5.74) is -0.534. The zero-order valence-corrected chi connectivity index (χ0v) is 10.9. The molecule has 0 saturated carbocycles. The number of carbonyl (C=O) groups is 1. The van der Waals surface area contributed by atoms with Crippen molar-refractivity contribution in [1.82, 2.24) is 5.16 Å². The van der Waals surface area contributed by atoms with E-state index in [1.165, 1.54) is 0 Å². The summed E-state index contributed by atoms with van der Waals surface area (Å²) in [4.78, 5) is 11.5. The minimum Gasteiger partial charge on any atom is -0.392 e. The van der Waals surface area contributed by atoms with Crippen molar-refractivity contribution >= 4 is 11.7 Å². The number of hydrogen-bond donors (Lipinski definition) is 2. The Morgan fingerprint density at radius 1 is 1.47 bits per heavy atom. The van der Waals surface area contributed by atoms with Gasteiger partial charge < -0.3 is 14.9 Å². The molecule has 0 radical (unpaired) electrons. The van der Waals surface area contributed by atoms with Crippen LogP contribution in [0.1, 0.15) is 40.4 Å². The van der Waals surface area contributed by atoms with Gasteiger partial charge in [0.2, 0.25) is 5.91 Å². The van der Waals surface area contributed by atoms with E-state index < -0.39 is 11.5 Å². The predicted molar refractivity (Wildman–Crippen MR) is 64.7 cm³/mol. The SMILES string of the molecule is CC(C)C(=O)Nc1cc(C(C)(C)[C@H](C)O)on1. The second-order valence-electron chi connectivity index (χ2n) is 5.12. The average Bonchev–Trinajstić information content (AvgIpc) is 2.66. The maximum absolute atomic E-state index is 11.5. The smallest absolute Gasteiger partial charge is 0.228 e. The van der Waals surface area contributed by atoms with Crippen LogP contribution in [0.15, 0.2) is 10.6 Å². The van der Waals surface area contributed by atoms with Gasteiger partial charge in [-0.25, -0.2) is 0 Å². The zero-order valence-electron chi connectivity index (χ0n) is 10.9. The van der Waals surface area contributed by atoms with E-state index in [9.17, 15) is 9.90 Å². The number of rotatable bonds is 4. The third-order valence-corrected chi connectivity index (χ3v) is 2.97. The monoisotopic (exact) mass is 240 g/mol. The third kappa shape index (κ3) is 3.06. The number of amides is 1. The molecule has 96 valence electrons. The largest absolute Gasteiger partial charge is 0.392 e. The molecule has 1 aromatic rings. The maximum atomic E-state index is 11.5. The molecule has 1 rings (SSSR count). The first-order valence-electron chi connectivity index (χ1n) is 5.71. The summed E-state index contributed by atoms with van der Waals surface area (Å²) in [5.74, 6) is 0.707. The van der Waals surface area contributed by atoms with Gasteiger partial charge in [-0.3, -0.25) is 4.79 Å². The fraction of sp³-hybridized carbons (Fsp3) is 0.667. The Morgan fingerprint density at radius 3 is 2.53 bits per heavy atom. The molecule has 5 heteroatoms. The van der Waals surface area contributed by atoms with Crippen molar-refractivity contribution < 1.29 is 14.4 Å². The van der Waals surface area contributed by atoms with Crippen LogP contribution in [-0.4, -0.2) is 22.3 Å². The van der Waals surface area contributed by atoms with Gasteiger partial charge >= 0.3 is 0 Å². The van der Waals surface area contributed by atoms with E-state index in [1.807, 2.05) is 13.8 Å². The van der Waals surface area contributed by atoms with Crippen LogP contribution in [0.5, 0.6) is 0 Å². The number of aliphatic hydroxyl groups is 1. The van der Waals surface area contributed by atoms with Crippen LogP contribution >= 0.6 is 0 Å². The van der Waals surface area contributed by atoms with Gasteiger partial charge in [-0.15, -0.1) is 0 Å². The first-order valence-corrected chi connectivity index (χ1v) is 5.71. The van der Waals surface area contributed by atoms with Crippen molar-refractivity contribution in [3.8, 4) is 0 Å². The Balaban J connectivity index is 2.82. The fourth-order valence-electron chi connectivity index (χ4n) is 1.11. The molecule has 0 aliphatic carbocycles. The standard InChI is InChI=1S/C12H20N2O3/c1-7(2)11(16)13-10-6-9(17-14-10)12(4,5)8(3)15/h6-8,15H,1-5H3,(H,13,14,16)/t8-/m0/s1. The van der Waals surface area contributed by atoms with Crippen LogP contribution in [0.3, 0.4) is 0 Å². The lowest BCUT2D eigenvalue weighted by atomic mass is 9.85. The quantitative estimate of drug-likeness (QED) is 0.843. The van der Waals surface area contributed by atoms with Crippen molar-refractivity contribution in [2.45, 2.75) is 46.1 Å². The van der Waals surface area contributed by atoms with E-state index in [4.69, 9.17) is 4.52 Å². The molecule has 0 bridgehead atoms. The maximum Gasteiger partial charge on any atom is 0.228 e. The third-order valence-electron chi connectivity index (χ3n) is 2.97. The Hall–Kier alpha value is -1.36. The van der Waals surface area contributed by atoms with E-state index in [-0.39, 0.29) is 11.8 Å². The number of carbonyl (C=O) groups excluding carboxylic acids is 1. The second kappa shape index (κ2) is 4.87. The van der Waals surface area contributed by atoms with Crippen LogP contribution in [0.4, 0.5) is 5.82 Å². The van der Waals surface area contributed by atoms with Crippen LogP contribution in [0, 0.1) is 5.92 Å². The van der Waals surface area contributed by atoms with Crippen LogP contribution in [0.25, 0.3) is 0 Å². The highest BCUT2D eigenvalue weighted by Gasteiger charge is 2.31. The minimum atomic E-state index is -0.566. The minimum absolute atomic E-state index is 0.111. The lowest BCUT2D eigenvalue weighted by molar-refractivity contribution is -0.118. The van der Waals surface area contributed by atoms with Crippen molar-refractivity contribution in [2.75, 3.05) is 5.32 Å². The highest BCUT2D eigenvalue weighted by Crippen LogP contribution is 2.28. The zero-order chi connectivity index (χ0) is 13.2. The Morgan fingerprint density at radius 2 is 2.06 bits per heavy atom. The summed E-state index contributed by atoms with van der Waals surface area (Å²) in [6, 6.07) is 1.65. The summed E-state index contributed by atoms with van der Waals surface area (Å²) >= 11 is 0. The molecule has 0 unspecified atom stereocenters. The molecule has 5 nitrogen and oxygen atoms in total. The Labute approximate surface area is 101 Å². The van der Waals surface area contributed by atoms with E-state index in [2.05, 4.69) is 10.5 Å². The Bertz CT molecular complexity index is 394. The van der Waals surface area contributed by atoms with Gasteiger partial charge in [-0.1, -0.05) is 32.9 Å². The van der Waals surface area contributed by atoms with Gasteiger partial charge in [0, 0.05) is 12.0 Å². The molecule has 0 fully saturated rings. The highest BCUT2D eigenvalue weighted by molar-refractivity contribution is 5.91. The summed E-state index contributed by atoms with van der Waals surface area (Å²) in [6.45, 7) is 9.00. The summed E-state index contributed by atoms with van der Waals surface area (Å²) in [6.07, 6.45) is -0.566. The molecule has 0 aliphatic heterocycles. The van der Waals surface area contributed by atoms with Gasteiger partial charge in [0.25, 0.3) is 0 Å². The van der Waals surface area contributed by atoms with Crippen LogP contribution < -0.4 is 5.32 Å². The summed E-state index contributed by atoms with van der Waals surface area (Å²) in [5, 5.41) is 16.1. The normalized spacial score (nSPS) is 13.8. The van der Waals surface area contributed by atoms with Crippen LogP contribution in [0.2, 0.25) is 0 Å². The molecule has 1 atom stereocenters. The second-order valence-corrected chi connectivity index (χ2v) is 5.12. The predicted octanol–water partition coefficient (Wildman–Crippen LogP) is 1.93. The molecule has 0 spiro atoms.